The number of carbonyl (C=O) groups excluding carboxylic acids is 1. The van der Waals surface area contributed by atoms with E-state index in [0.717, 1.165) is 16.8 Å². The first kappa shape index (κ1) is 18.6. The molecule has 2 heterocycles. The van der Waals surface area contributed by atoms with E-state index in [-0.39, 0.29) is 12.3 Å². The van der Waals surface area contributed by atoms with Gasteiger partial charge in [-0.1, -0.05) is 12.1 Å². The Kier molecular flexibility index (Phi) is 4.66. The minimum atomic E-state index is -3.06. The van der Waals surface area contributed by atoms with Crippen molar-refractivity contribution in [2.24, 2.45) is 0 Å². The Morgan fingerprint density at radius 1 is 1.32 bits per heavy atom. The molecule has 1 aromatic rings. The Morgan fingerprint density at radius 2 is 2.14 bits per heavy atom. The Bertz CT molecular complexity index is 892. The Hall–Kier alpha value is -2.74. The summed E-state index contributed by atoms with van der Waals surface area (Å²) in [5.74, 6) is -2.71. The highest BCUT2D eigenvalue weighted by molar-refractivity contribution is 6.02. The molecule has 1 aliphatic carbocycles. The van der Waals surface area contributed by atoms with Crippen LogP contribution in [0.4, 0.5) is 14.5 Å². The van der Waals surface area contributed by atoms with Crippen molar-refractivity contribution >= 4 is 17.3 Å². The summed E-state index contributed by atoms with van der Waals surface area (Å²) in [5.41, 5.74) is 2.67. The zero-order chi connectivity index (χ0) is 19.9. The summed E-state index contributed by atoms with van der Waals surface area (Å²) < 4.78 is 27.8. The van der Waals surface area contributed by atoms with E-state index in [1.165, 1.54) is 0 Å². The largest absolute Gasteiger partial charge is 0.352 e. The molecular formula is C20H23F2N5O. The molecule has 3 aliphatic rings. The molecule has 6 nitrogen and oxygen atoms in total. The van der Waals surface area contributed by atoms with Crippen molar-refractivity contribution in [3.8, 4) is 0 Å². The number of benzene rings is 1. The molecule has 1 saturated heterocycles. The first-order valence-electron chi connectivity index (χ1n) is 9.40. The van der Waals surface area contributed by atoms with E-state index in [9.17, 15) is 13.6 Å². The molecule has 28 heavy (non-hydrogen) atoms. The van der Waals surface area contributed by atoms with Crippen LogP contribution in [0.15, 0.2) is 47.3 Å². The zero-order valence-electron chi connectivity index (χ0n) is 15.5. The maximum absolute atomic E-state index is 13.9. The highest BCUT2D eigenvalue weighted by atomic mass is 19.3. The van der Waals surface area contributed by atoms with E-state index in [1.807, 2.05) is 37.3 Å². The van der Waals surface area contributed by atoms with E-state index in [4.69, 9.17) is 5.41 Å². The molecule has 1 aromatic carbocycles. The summed E-state index contributed by atoms with van der Waals surface area (Å²) in [6, 6.07) is 7.04. The standard InChI is InChI=1S/C20H23F2N5O/c1-11-4-2-5-13(8-11)25-18-16-12(10-24-19(16)28)9-15(27-18)26-14-6-3-7-20(21,22)17(14)23/h2,4-5,8-9,14-15,23,25-27H,3,6-7,10H2,1H3,(H,24,28). The van der Waals surface area contributed by atoms with Crippen molar-refractivity contribution in [1.82, 2.24) is 16.0 Å². The number of carbonyl (C=O) groups is 1. The summed E-state index contributed by atoms with van der Waals surface area (Å²) in [4.78, 5) is 12.3. The molecule has 0 radical (unpaired) electrons. The Morgan fingerprint density at radius 3 is 2.93 bits per heavy atom. The van der Waals surface area contributed by atoms with Gasteiger partial charge in [0.25, 0.3) is 11.8 Å². The smallest absolute Gasteiger partial charge is 0.286 e. The van der Waals surface area contributed by atoms with Crippen molar-refractivity contribution in [2.75, 3.05) is 11.9 Å². The molecule has 2 aliphatic heterocycles. The number of aryl methyl sites for hydroxylation is 1. The van der Waals surface area contributed by atoms with Crippen LogP contribution in [0.5, 0.6) is 0 Å². The first-order valence-corrected chi connectivity index (χ1v) is 9.40. The monoisotopic (exact) mass is 387 g/mol. The number of alkyl halides is 2. The molecule has 1 saturated carbocycles. The molecule has 4 rings (SSSR count). The van der Waals surface area contributed by atoms with Gasteiger partial charge in [-0.05, 0) is 49.1 Å². The molecule has 0 spiro atoms. The molecular weight excluding hydrogens is 364 g/mol. The van der Waals surface area contributed by atoms with Crippen LogP contribution in [-0.4, -0.2) is 36.3 Å². The molecule has 0 aromatic heterocycles. The van der Waals surface area contributed by atoms with Gasteiger partial charge in [-0.2, -0.15) is 8.78 Å². The van der Waals surface area contributed by atoms with Crippen molar-refractivity contribution in [1.29, 1.82) is 5.41 Å². The second kappa shape index (κ2) is 7.01. The minimum Gasteiger partial charge on any atom is -0.352 e. The quantitative estimate of drug-likeness (QED) is 0.549. The van der Waals surface area contributed by atoms with Crippen molar-refractivity contribution in [2.45, 2.75) is 44.3 Å². The van der Waals surface area contributed by atoms with Crippen molar-refractivity contribution in [3.05, 3.63) is 52.9 Å². The number of nitrogens with one attached hydrogen (secondary N) is 5. The first-order chi connectivity index (χ1) is 13.3. The van der Waals surface area contributed by atoms with E-state index in [0.29, 0.717) is 30.8 Å². The van der Waals surface area contributed by atoms with Crippen molar-refractivity contribution < 1.29 is 13.6 Å². The van der Waals surface area contributed by atoms with E-state index < -0.39 is 23.8 Å². The highest BCUT2D eigenvalue weighted by Gasteiger charge is 2.43. The Balaban J connectivity index is 1.56. The van der Waals surface area contributed by atoms with E-state index in [1.54, 1.807) is 0 Å². The maximum atomic E-state index is 13.9. The van der Waals surface area contributed by atoms with Crippen LogP contribution < -0.4 is 21.3 Å². The van der Waals surface area contributed by atoms with E-state index >= 15 is 0 Å². The lowest BCUT2D eigenvalue weighted by molar-refractivity contribution is -0.116. The average Bonchev–Trinajstić information content (AvgIpc) is 3.00. The molecule has 2 unspecified atom stereocenters. The summed E-state index contributed by atoms with van der Waals surface area (Å²) in [7, 11) is 0. The number of hydrogen-bond donors (Lipinski definition) is 5. The van der Waals surface area contributed by atoms with Crippen LogP contribution in [0.2, 0.25) is 0 Å². The van der Waals surface area contributed by atoms with E-state index in [2.05, 4.69) is 21.3 Å². The summed E-state index contributed by atoms with van der Waals surface area (Å²) in [6.07, 6.45) is 1.95. The van der Waals surface area contributed by atoms with Gasteiger partial charge in [0.15, 0.2) is 0 Å². The molecule has 1 amide bonds. The second-order valence-electron chi connectivity index (χ2n) is 7.47. The maximum Gasteiger partial charge on any atom is 0.286 e. The fourth-order valence-electron chi connectivity index (χ4n) is 3.89. The van der Waals surface area contributed by atoms with Gasteiger partial charge < -0.3 is 21.4 Å². The fourth-order valence-corrected chi connectivity index (χ4v) is 3.89. The van der Waals surface area contributed by atoms with Gasteiger partial charge >= 0.3 is 0 Å². The summed E-state index contributed by atoms with van der Waals surface area (Å²) in [5, 5.41) is 20.2. The lowest BCUT2D eigenvalue weighted by Gasteiger charge is -2.35. The van der Waals surface area contributed by atoms with Gasteiger partial charge in [0.1, 0.15) is 5.82 Å². The predicted molar refractivity (Wildman–Crippen MR) is 103 cm³/mol. The zero-order valence-corrected chi connectivity index (χ0v) is 15.5. The van der Waals surface area contributed by atoms with Gasteiger partial charge in [0, 0.05) is 18.7 Å². The van der Waals surface area contributed by atoms with Gasteiger partial charge in [-0.3, -0.25) is 10.1 Å². The average molecular weight is 387 g/mol. The summed E-state index contributed by atoms with van der Waals surface area (Å²) >= 11 is 0. The third-order valence-corrected chi connectivity index (χ3v) is 5.30. The number of anilines is 1. The topological polar surface area (TPSA) is 89.0 Å². The van der Waals surface area contributed by atoms with Crippen LogP contribution >= 0.6 is 0 Å². The SMILES string of the molecule is Cc1cccc(NC2=C3C(=O)NCC3=CC(NC3CCCC(F)(F)C3=N)N2)c1. The third kappa shape index (κ3) is 3.52. The number of rotatable bonds is 4. The summed E-state index contributed by atoms with van der Waals surface area (Å²) in [6.45, 7) is 2.37. The number of hydrogen-bond acceptors (Lipinski definition) is 5. The molecule has 2 fully saturated rings. The highest BCUT2D eigenvalue weighted by Crippen LogP contribution is 2.31. The van der Waals surface area contributed by atoms with Gasteiger partial charge in [-0.25, -0.2) is 0 Å². The number of dihydropyridines is 1. The number of amides is 1. The van der Waals surface area contributed by atoms with Crippen LogP contribution in [0.1, 0.15) is 24.8 Å². The molecule has 2 atom stereocenters. The number of halogens is 2. The van der Waals surface area contributed by atoms with Gasteiger partial charge in [0.2, 0.25) is 0 Å². The van der Waals surface area contributed by atoms with Crippen LogP contribution in [0.3, 0.4) is 0 Å². The van der Waals surface area contributed by atoms with Crippen LogP contribution in [-0.2, 0) is 4.79 Å². The number of fused-ring (bicyclic) bond motifs is 1. The molecule has 0 bridgehead atoms. The third-order valence-electron chi connectivity index (χ3n) is 5.30. The second-order valence-corrected chi connectivity index (χ2v) is 7.47. The normalized spacial score (nSPS) is 26.3. The molecule has 8 heteroatoms. The molecule has 5 N–H and O–H groups in total. The Labute approximate surface area is 162 Å². The minimum absolute atomic E-state index is 0.177. The van der Waals surface area contributed by atoms with Crippen LogP contribution in [0.25, 0.3) is 0 Å². The van der Waals surface area contributed by atoms with Gasteiger partial charge in [0.05, 0.1) is 23.5 Å². The lowest BCUT2D eigenvalue weighted by atomic mass is 9.89. The predicted octanol–water partition coefficient (Wildman–Crippen LogP) is 2.40. The lowest BCUT2D eigenvalue weighted by Crippen LogP contribution is -2.56. The van der Waals surface area contributed by atoms with Gasteiger partial charge in [-0.15, -0.1) is 0 Å². The van der Waals surface area contributed by atoms with Crippen molar-refractivity contribution in [3.63, 3.8) is 0 Å². The van der Waals surface area contributed by atoms with Crippen LogP contribution in [0, 0.1) is 12.3 Å². The molecule has 148 valence electrons. The fraction of sp³-hybridized carbons (Fsp3) is 0.400.